The van der Waals surface area contributed by atoms with E-state index in [1.54, 1.807) is 0 Å². The maximum absolute atomic E-state index is 13.1. The zero-order valence-electron chi connectivity index (χ0n) is 9.89. The zero-order valence-corrected chi connectivity index (χ0v) is 10.7. The van der Waals surface area contributed by atoms with Crippen molar-refractivity contribution in [2.45, 2.75) is 18.0 Å². The van der Waals surface area contributed by atoms with Crippen LogP contribution in [0.15, 0.2) is 35.7 Å². The first-order valence-corrected chi connectivity index (χ1v) is 6.84. The quantitative estimate of drug-likeness (QED) is 0.899. The Labute approximate surface area is 108 Å². The maximum Gasteiger partial charge on any atom is 0.258 e. The molecule has 102 valence electrons. The van der Waals surface area contributed by atoms with Crippen LogP contribution in [0.1, 0.15) is 18.5 Å². The van der Waals surface area contributed by atoms with Crippen LogP contribution in [0.25, 0.3) is 0 Å². The second-order valence-electron chi connectivity index (χ2n) is 3.93. The van der Waals surface area contributed by atoms with Crippen molar-refractivity contribution < 1.29 is 17.2 Å². The number of nitrogens with zero attached hydrogens (tertiary/aromatic N) is 1. The molecule has 1 heterocycles. The largest absolute Gasteiger partial charge is 0.335 e. The number of hydrogen-bond acceptors (Lipinski definition) is 3. The van der Waals surface area contributed by atoms with E-state index >= 15 is 0 Å². The first kappa shape index (κ1) is 13.6. The van der Waals surface area contributed by atoms with Gasteiger partial charge in [0.05, 0.1) is 12.5 Å². The number of nitrogens with one attached hydrogen (secondary N) is 2. The van der Waals surface area contributed by atoms with Gasteiger partial charge >= 0.3 is 0 Å². The van der Waals surface area contributed by atoms with Gasteiger partial charge in [0.25, 0.3) is 10.0 Å². The number of halogens is 2. The van der Waals surface area contributed by atoms with Crippen molar-refractivity contribution in [3.05, 3.63) is 47.9 Å². The van der Waals surface area contributed by atoms with Crippen LogP contribution < -0.4 is 4.72 Å². The molecule has 0 amide bonds. The van der Waals surface area contributed by atoms with Gasteiger partial charge in [-0.2, -0.15) is 0 Å². The second-order valence-corrected chi connectivity index (χ2v) is 5.61. The van der Waals surface area contributed by atoms with Crippen LogP contribution in [-0.4, -0.2) is 18.4 Å². The summed E-state index contributed by atoms with van der Waals surface area (Å²) < 4.78 is 52.0. The van der Waals surface area contributed by atoms with Crippen LogP contribution in [-0.2, 0) is 10.0 Å². The molecule has 0 bridgehead atoms. The van der Waals surface area contributed by atoms with Crippen LogP contribution in [0.5, 0.6) is 0 Å². The minimum atomic E-state index is -3.77. The molecule has 0 aliphatic rings. The molecule has 0 saturated heterocycles. The monoisotopic (exact) mass is 287 g/mol. The van der Waals surface area contributed by atoms with Crippen molar-refractivity contribution in [2.75, 3.05) is 0 Å². The molecule has 0 aliphatic carbocycles. The molecule has 1 unspecified atom stereocenters. The van der Waals surface area contributed by atoms with E-state index in [1.165, 1.54) is 19.3 Å². The summed E-state index contributed by atoms with van der Waals surface area (Å²) in [5.74, 6) is -2.00. The van der Waals surface area contributed by atoms with E-state index < -0.39 is 27.7 Å². The van der Waals surface area contributed by atoms with E-state index in [1.807, 2.05) is 0 Å². The smallest absolute Gasteiger partial charge is 0.258 e. The van der Waals surface area contributed by atoms with Gasteiger partial charge in [0.1, 0.15) is 0 Å². The van der Waals surface area contributed by atoms with Crippen molar-refractivity contribution in [3.8, 4) is 0 Å². The third-order valence-corrected chi connectivity index (χ3v) is 4.00. The highest BCUT2D eigenvalue weighted by Gasteiger charge is 2.20. The van der Waals surface area contributed by atoms with Gasteiger partial charge in [-0.3, -0.25) is 0 Å². The maximum atomic E-state index is 13.1. The van der Waals surface area contributed by atoms with Gasteiger partial charge in [0.2, 0.25) is 0 Å². The Balaban J connectivity index is 2.21. The first-order valence-electron chi connectivity index (χ1n) is 5.36. The predicted molar refractivity (Wildman–Crippen MR) is 63.7 cm³/mol. The summed E-state index contributed by atoms with van der Waals surface area (Å²) in [6, 6.07) is 2.52. The summed E-state index contributed by atoms with van der Waals surface area (Å²) in [4.78, 5) is 6.07. The molecular formula is C11H11F2N3O2S. The lowest BCUT2D eigenvalue weighted by Crippen LogP contribution is -2.27. The third kappa shape index (κ3) is 2.96. The topological polar surface area (TPSA) is 74.8 Å². The van der Waals surface area contributed by atoms with Crippen molar-refractivity contribution >= 4 is 10.0 Å². The number of rotatable bonds is 4. The number of sulfonamides is 1. The van der Waals surface area contributed by atoms with E-state index in [-0.39, 0.29) is 5.03 Å². The molecule has 2 N–H and O–H groups in total. The Hall–Kier alpha value is -1.80. The van der Waals surface area contributed by atoms with Crippen molar-refractivity contribution in [1.82, 2.24) is 14.7 Å². The van der Waals surface area contributed by atoms with E-state index in [9.17, 15) is 17.2 Å². The predicted octanol–water partition coefficient (Wildman–Crippen LogP) is 1.73. The summed E-state index contributed by atoms with van der Waals surface area (Å²) in [5.41, 5.74) is 0.321. The Morgan fingerprint density at radius 1 is 1.32 bits per heavy atom. The van der Waals surface area contributed by atoms with Crippen LogP contribution >= 0.6 is 0 Å². The Bertz CT molecular complexity index is 671. The highest BCUT2D eigenvalue weighted by Crippen LogP contribution is 2.18. The molecule has 5 nitrogen and oxygen atoms in total. The highest BCUT2D eigenvalue weighted by molar-refractivity contribution is 7.89. The van der Waals surface area contributed by atoms with E-state index in [4.69, 9.17) is 0 Å². The van der Waals surface area contributed by atoms with Gasteiger partial charge in [0, 0.05) is 6.04 Å². The normalized spacial score (nSPS) is 13.4. The van der Waals surface area contributed by atoms with Crippen LogP contribution in [0, 0.1) is 11.6 Å². The molecular weight excluding hydrogens is 276 g/mol. The molecule has 0 spiro atoms. The van der Waals surface area contributed by atoms with E-state index in [0.29, 0.717) is 5.56 Å². The van der Waals surface area contributed by atoms with E-state index in [2.05, 4.69) is 14.7 Å². The average Bonchev–Trinajstić information content (AvgIpc) is 2.86. The summed E-state index contributed by atoms with van der Waals surface area (Å²) in [6.07, 6.45) is 2.39. The molecule has 1 atom stereocenters. The molecule has 19 heavy (non-hydrogen) atoms. The molecule has 8 heteroatoms. The summed E-state index contributed by atoms with van der Waals surface area (Å²) in [6.45, 7) is 1.53. The number of hydrogen-bond donors (Lipinski definition) is 2. The standard InChI is InChI=1S/C11H11F2N3O2S/c1-7(8-2-3-9(12)10(13)4-8)16-19(17,18)11-5-14-6-15-11/h2-7,16H,1H3,(H,14,15). The highest BCUT2D eigenvalue weighted by atomic mass is 32.2. The average molecular weight is 287 g/mol. The number of aromatic amines is 1. The zero-order chi connectivity index (χ0) is 14.0. The fourth-order valence-electron chi connectivity index (χ4n) is 1.54. The molecule has 2 rings (SSSR count). The fourth-order valence-corrected chi connectivity index (χ4v) is 2.67. The number of imidazole rings is 1. The molecule has 0 saturated carbocycles. The van der Waals surface area contributed by atoms with Crippen molar-refractivity contribution in [3.63, 3.8) is 0 Å². The lowest BCUT2D eigenvalue weighted by molar-refractivity contribution is 0.504. The number of H-pyrrole nitrogens is 1. The van der Waals surface area contributed by atoms with Crippen LogP contribution in [0.4, 0.5) is 8.78 Å². The van der Waals surface area contributed by atoms with Crippen molar-refractivity contribution in [2.24, 2.45) is 0 Å². The summed E-state index contributed by atoms with van der Waals surface area (Å²) in [5, 5.41) is -0.0954. The van der Waals surface area contributed by atoms with Gasteiger partial charge < -0.3 is 4.98 Å². The third-order valence-electron chi connectivity index (χ3n) is 2.54. The summed E-state index contributed by atoms with van der Waals surface area (Å²) >= 11 is 0. The van der Waals surface area contributed by atoms with E-state index in [0.717, 1.165) is 18.3 Å². The van der Waals surface area contributed by atoms with Gasteiger partial charge in [0.15, 0.2) is 16.7 Å². The fraction of sp³-hybridized carbons (Fsp3) is 0.182. The minimum Gasteiger partial charge on any atom is -0.335 e. The first-order chi connectivity index (χ1) is 8.90. The molecule has 1 aromatic heterocycles. The Morgan fingerprint density at radius 2 is 2.05 bits per heavy atom. The Kier molecular flexibility index (Phi) is 3.63. The SMILES string of the molecule is CC(NS(=O)(=O)c1cnc[nH]1)c1ccc(F)c(F)c1. The molecule has 0 fully saturated rings. The lowest BCUT2D eigenvalue weighted by atomic mass is 10.1. The van der Waals surface area contributed by atoms with Crippen molar-refractivity contribution in [1.29, 1.82) is 0 Å². The molecule has 2 aromatic rings. The number of aromatic nitrogens is 2. The number of benzene rings is 1. The van der Waals surface area contributed by atoms with Gasteiger partial charge in [-0.1, -0.05) is 6.07 Å². The van der Waals surface area contributed by atoms with Gasteiger partial charge in [-0.05, 0) is 24.6 Å². The van der Waals surface area contributed by atoms with Gasteiger partial charge in [-0.15, -0.1) is 0 Å². The second kappa shape index (κ2) is 5.06. The Morgan fingerprint density at radius 3 is 2.63 bits per heavy atom. The van der Waals surface area contributed by atoms with Crippen LogP contribution in [0.3, 0.4) is 0 Å². The van der Waals surface area contributed by atoms with Gasteiger partial charge in [-0.25, -0.2) is 26.9 Å². The lowest BCUT2D eigenvalue weighted by Gasteiger charge is -2.13. The minimum absolute atomic E-state index is 0.0954. The molecule has 1 aromatic carbocycles. The summed E-state index contributed by atoms with van der Waals surface area (Å²) in [7, 11) is -3.77. The molecule has 0 radical (unpaired) electrons. The van der Waals surface area contributed by atoms with Crippen LogP contribution in [0.2, 0.25) is 0 Å². The molecule has 0 aliphatic heterocycles.